The smallest absolute Gasteiger partial charge is 0.331 e. The summed E-state index contributed by atoms with van der Waals surface area (Å²) in [5.41, 5.74) is 6.08. The van der Waals surface area contributed by atoms with Gasteiger partial charge in [0.15, 0.2) is 11.5 Å². The lowest BCUT2D eigenvalue weighted by Crippen LogP contribution is -2.36. The third kappa shape index (κ3) is 3.26. The molecule has 0 aliphatic carbocycles. The molecule has 0 N–H and O–H groups in total. The number of aromatic nitrogens is 4. The SMILES string of the molecule is COc1ccc(-c2nc3ccccc3n3c(-c4ccc(C)cc4)c4c(=O)n(C)c(=O)n(C)c4c23)cc1OC. The van der Waals surface area contributed by atoms with Gasteiger partial charge in [-0.15, -0.1) is 0 Å². The maximum Gasteiger partial charge on any atom is 0.331 e. The molecular weight excluding hydrogens is 480 g/mol. The summed E-state index contributed by atoms with van der Waals surface area (Å²) in [5.74, 6) is 1.15. The van der Waals surface area contributed by atoms with Gasteiger partial charge >= 0.3 is 5.69 Å². The molecule has 38 heavy (non-hydrogen) atoms. The van der Waals surface area contributed by atoms with E-state index in [1.165, 1.54) is 11.6 Å². The van der Waals surface area contributed by atoms with Gasteiger partial charge in [0.2, 0.25) is 0 Å². The third-order valence-electron chi connectivity index (χ3n) is 7.13. The normalized spacial score (nSPS) is 11.5. The Morgan fingerprint density at radius 2 is 1.45 bits per heavy atom. The Kier molecular flexibility index (Phi) is 5.34. The first-order chi connectivity index (χ1) is 18.3. The molecule has 0 saturated heterocycles. The van der Waals surface area contributed by atoms with Crippen molar-refractivity contribution in [3.8, 4) is 34.0 Å². The van der Waals surface area contributed by atoms with Crippen LogP contribution >= 0.6 is 0 Å². The summed E-state index contributed by atoms with van der Waals surface area (Å²) in [6, 6.07) is 21.4. The third-order valence-corrected chi connectivity index (χ3v) is 7.13. The summed E-state index contributed by atoms with van der Waals surface area (Å²) in [4.78, 5) is 32.0. The van der Waals surface area contributed by atoms with E-state index in [9.17, 15) is 9.59 Å². The summed E-state index contributed by atoms with van der Waals surface area (Å²) in [7, 11) is 6.37. The number of hydrogen-bond acceptors (Lipinski definition) is 5. The molecule has 0 aliphatic heterocycles. The zero-order valence-corrected chi connectivity index (χ0v) is 21.8. The molecule has 0 aliphatic rings. The molecule has 190 valence electrons. The average Bonchev–Trinajstić information content (AvgIpc) is 3.31. The van der Waals surface area contributed by atoms with Crippen molar-refractivity contribution >= 4 is 27.5 Å². The number of nitrogens with zero attached hydrogens (tertiary/aromatic N) is 4. The molecule has 0 radical (unpaired) electrons. The van der Waals surface area contributed by atoms with Crippen LogP contribution in [0.2, 0.25) is 0 Å². The number of aryl methyl sites for hydroxylation is 2. The number of hydrogen-bond donors (Lipinski definition) is 0. The minimum absolute atomic E-state index is 0.357. The van der Waals surface area contributed by atoms with Crippen LogP contribution in [0.4, 0.5) is 0 Å². The molecule has 3 heterocycles. The monoisotopic (exact) mass is 506 g/mol. The second-order valence-electron chi connectivity index (χ2n) is 9.35. The predicted octanol–water partition coefficient (Wildman–Crippen LogP) is 4.70. The van der Waals surface area contributed by atoms with E-state index >= 15 is 0 Å². The molecule has 0 saturated carbocycles. The molecule has 0 unspecified atom stereocenters. The molecule has 0 spiro atoms. The summed E-state index contributed by atoms with van der Waals surface area (Å²) in [5, 5.41) is 0.457. The molecule has 3 aromatic heterocycles. The van der Waals surface area contributed by atoms with Crippen LogP contribution in [0.5, 0.6) is 11.5 Å². The topological polar surface area (TPSA) is 79.8 Å². The number of methoxy groups -OCH3 is 2. The standard InChI is InChI=1S/C30H26N4O4/c1-17-10-12-18(13-11-17)26-24-27(32(2)30(36)33(3)29(24)35)28-25(19-14-15-22(37-4)23(16-19)38-5)31-20-8-6-7-9-21(20)34(26)28/h6-16H,1-5H3. The molecule has 0 fully saturated rings. The van der Waals surface area contributed by atoms with E-state index in [1.54, 1.807) is 21.3 Å². The van der Waals surface area contributed by atoms with Gasteiger partial charge in [0, 0.05) is 19.7 Å². The van der Waals surface area contributed by atoms with E-state index in [0.29, 0.717) is 39.3 Å². The molecule has 8 nitrogen and oxygen atoms in total. The minimum Gasteiger partial charge on any atom is -0.493 e. The van der Waals surface area contributed by atoms with Gasteiger partial charge in [-0.2, -0.15) is 0 Å². The van der Waals surface area contributed by atoms with E-state index < -0.39 is 5.69 Å². The fourth-order valence-electron chi connectivity index (χ4n) is 5.21. The maximum absolute atomic E-state index is 13.8. The Hall–Kier alpha value is -4.85. The molecule has 8 heteroatoms. The number of para-hydroxylation sites is 2. The van der Waals surface area contributed by atoms with Crippen molar-refractivity contribution in [2.75, 3.05) is 14.2 Å². The number of ether oxygens (including phenoxy) is 2. The highest BCUT2D eigenvalue weighted by Crippen LogP contribution is 2.40. The first-order valence-electron chi connectivity index (χ1n) is 12.2. The van der Waals surface area contributed by atoms with E-state index in [1.807, 2.05) is 73.7 Å². The average molecular weight is 507 g/mol. The van der Waals surface area contributed by atoms with E-state index in [2.05, 4.69) is 4.40 Å². The second-order valence-corrected chi connectivity index (χ2v) is 9.35. The van der Waals surface area contributed by atoms with Gasteiger partial charge in [-0.25, -0.2) is 9.78 Å². The number of rotatable bonds is 4. The van der Waals surface area contributed by atoms with Gasteiger partial charge < -0.3 is 13.9 Å². The Balaban J connectivity index is 1.93. The van der Waals surface area contributed by atoms with Gasteiger partial charge in [0.1, 0.15) is 0 Å². The van der Waals surface area contributed by atoms with Crippen molar-refractivity contribution in [3.05, 3.63) is 93.1 Å². The van der Waals surface area contributed by atoms with Crippen LogP contribution in [-0.2, 0) is 14.1 Å². The first kappa shape index (κ1) is 23.5. The summed E-state index contributed by atoms with van der Waals surface area (Å²) in [6.07, 6.45) is 0. The highest BCUT2D eigenvalue weighted by Gasteiger charge is 2.26. The van der Waals surface area contributed by atoms with E-state index in [4.69, 9.17) is 14.5 Å². The molecule has 6 rings (SSSR count). The second kappa shape index (κ2) is 8.62. The zero-order chi connectivity index (χ0) is 26.7. The van der Waals surface area contributed by atoms with Crippen LogP contribution in [0.25, 0.3) is 50.0 Å². The molecular formula is C30H26N4O4. The van der Waals surface area contributed by atoms with Crippen molar-refractivity contribution in [2.45, 2.75) is 6.92 Å². The zero-order valence-electron chi connectivity index (χ0n) is 21.8. The summed E-state index contributed by atoms with van der Waals surface area (Å²) < 4.78 is 15.8. The maximum atomic E-state index is 13.8. The van der Waals surface area contributed by atoms with Crippen LogP contribution in [0.15, 0.2) is 76.3 Å². The van der Waals surface area contributed by atoms with Gasteiger partial charge in [0.05, 0.1) is 53.1 Å². The van der Waals surface area contributed by atoms with Crippen LogP contribution in [0, 0.1) is 6.92 Å². The highest BCUT2D eigenvalue weighted by atomic mass is 16.5. The fourth-order valence-corrected chi connectivity index (χ4v) is 5.21. The molecule has 0 atom stereocenters. The highest BCUT2D eigenvalue weighted by molar-refractivity contribution is 6.11. The summed E-state index contributed by atoms with van der Waals surface area (Å²) >= 11 is 0. The Bertz CT molecular complexity index is 2010. The van der Waals surface area contributed by atoms with Crippen LogP contribution < -0.4 is 20.7 Å². The van der Waals surface area contributed by atoms with E-state index in [0.717, 1.165) is 32.3 Å². The molecule has 0 bridgehead atoms. The number of benzene rings is 3. The Labute approximate surface area is 217 Å². The van der Waals surface area contributed by atoms with Crippen LogP contribution in [-0.4, -0.2) is 32.7 Å². The molecule has 3 aromatic carbocycles. The lowest BCUT2D eigenvalue weighted by Gasteiger charge is -2.14. The minimum atomic E-state index is -0.406. The Morgan fingerprint density at radius 3 is 2.16 bits per heavy atom. The van der Waals surface area contributed by atoms with Crippen molar-refractivity contribution in [1.82, 2.24) is 18.5 Å². The lowest BCUT2D eigenvalue weighted by molar-refractivity contribution is 0.355. The van der Waals surface area contributed by atoms with E-state index in [-0.39, 0.29) is 5.56 Å². The Morgan fingerprint density at radius 1 is 0.763 bits per heavy atom. The van der Waals surface area contributed by atoms with Crippen molar-refractivity contribution in [2.24, 2.45) is 14.1 Å². The largest absolute Gasteiger partial charge is 0.493 e. The van der Waals surface area contributed by atoms with Crippen molar-refractivity contribution in [3.63, 3.8) is 0 Å². The quantitative estimate of drug-likeness (QED) is 0.346. The predicted molar refractivity (Wildman–Crippen MR) is 149 cm³/mol. The van der Waals surface area contributed by atoms with Crippen LogP contribution in [0.3, 0.4) is 0 Å². The molecule has 0 amide bonds. The summed E-state index contributed by atoms with van der Waals surface area (Å²) in [6.45, 7) is 2.02. The molecule has 6 aromatic rings. The fraction of sp³-hybridized carbons (Fsp3) is 0.167. The first-order valence-corrected chi connectivity index (χ1v) is 12.2. The van der Waals surface area contributed by atoms with Crippen LogP contribution in [0.1, 0.15) is 5.56 Å². The van der Waals surface area contributed by atoms with Gasteiger partial charge in [-0.05, 0) is 42.8 Å². The van der Waals surface area contributed by atoms with Gasteiger partial charge in [-0.3, -0.25) is 13.9 Å². The van der Waals surface area contributed by atoms with Crippen molar-refractivity contribution < 1.29 is 9.47 Å². The lowest BCUT2D eigenvalue weighted by atomic mass is 10.1. The van der Waals surface area contributed by atoms with Gasteiger partial charge in [0.25, 0.3) is 5.56 Å². The number of fused-ring (bicyclic) bond motifs is 5. The van der Waals surface area contributed by atoms with Crippen molar-refractivity contribution in [1.29, 1.82) is 0 Å². The van der Waals surface area contributed by atoms with Gasteiger partial charge in [-0.1, -0.05) is 42.0 Å².